The van der Waals surface area contributed by atoms with E-state index in [1.807, 2.05) is 24.8 Å². The number of nitrogens with zero attached hydrogens (tertiary/aromatic N) is 2. The van der Waals surface area contributed by atoms with Crippen LogP contribution in [0.2, 0.25) is 0 Å². The molecule has 0 spiro atoms. The molecule has 3 aromatic heterocycles. The van der Waals surface area contributed by atoms with Crippen LogP contribution in [0.3, 0.4) is 0 Å². The molecule has 1 unspecified atom stereocenters. The molecule has 4 nitrogen and oxygen atoms in total. The number of nitrogens with one attached hydrogen (secondary N) is 2. The molecular weight excluding hydrogens is 356 g/mol. The van der Waals surface area contributed by atoms with Crippen molar-refractivity contribution in [3.63, 3.8) is 0 Å². The predicted molar refractivity (Wildman–Crippen MR) is 116 cm³/mol. The molecule has 29 heavy (non-hydrogen) atoms. The summed E-state index contributed by atoms with van der Waals surface area (Å²) in [5.41, 5.74) is 5.61. The first-order valence-electron chi connectivity index (χ1n) is 10.5. The Morgan fingerprint density at radius 2 is 1.97 bits per heavy atom. The minimum absolute atomic E-state index is 0.394. The van der Waals surface area contributed by atoms with Crippen LogP contribution in [0, 0.1) is 17.8 Å². The molecular formula is C25H22N4. The van der Waals surface area contributed by atoms with Crippen LogP contribution in [0.1, 0.15) is 42.9 Å². The zero-order chi connectivity index (χ0) is 19.2. The molecule has 0 radical (unpaired) electrons. The summed E-state index contributed by atoms with van der Waals surface area (Å²) in [4.78, 5) is 12.3. The van der Waals surface area contributed by atoms with Crippen LogP contribution >= 0.6 is 0 Å². The number of aromatic amines is 1. The Morgan fingerprint density at radius 3 is 2.83 bits per heavy atom. The van der Waals surface area contributed by atoms with Crippen molar-refractivity contribution in [1.82, 2.24) is 20.3 Å². The molecule has 4 aromatic rings. The summed E-state index contributed by atoms with van der Waals surface area (Å²) in [5, 5.41) is 7.21. The zero-order valence-corrected chi connectivity index (χ0v) is 16.2. The van der Waals surface area contributed by atoms with Crippen LogP contribution in [0.5, 0.6) is 0 Å². The van der Waals surface area contributed by atoms with Crippen LogP contribution in [0.4, 0.5) is 0 Å². The van der Waals surface area contributed by atoms with Gasteiger partial charge in [0.2, 0.25) is 0 Å². The van der Waals surface area contributed by atoms with Gasteiger partial charge in [0.1, 0.15) is 5.65 Å². The zero-order valence-electron chi connectivity index (χ0n) is 16.2. The number of aromatic nitrogens is 3. The molecule has 2 fully saturated rings. The topological polar surface area (TPSA) is 53.6 Å². The Bertz CT molecular complexity index is 1280. The number of rotatable bonds is 2. The SMILES string of the molecule is C(#CC1CC1)c1c[nH]c2ncc(-c3cc(C4CCCN4)c4cnccc4c3)cc12. The first-order valence-corrected chi connectivity index (χ1v) is 10.5. The number of H-pyrrole nitrogens is 1. The highest BCUT2D eigenvalue weighted by Gasteiger charge is 2.20. The van der Waals surface area contributed by atoms with E-state index in [1.165, 1.54) is 47.6 Å². The third kappa shape index (κ3) is 3.08. The smallest absolute Gasteiger partial charge is 0.138 e. The first kappa shape index (κ1) is 16.8. The normalized spacial score (nSPS) is 18.8. The highest BCUT2D eigenvalue weighted by molar-refractivity contribution is 5.92. The van der Waals surface area contributed by atoms with E-state index in [0.29, 0.717) is 12.0 Å². The quantitative estimate of drug-likeness (QED) is 0.485. The van der Waals surface area contributed by atoms with Gasteiger partial charge >= 0.3 is 0 Å². The fourth-order valence-electron chi connectivity index (χ4n) is 4.30. The van der Waals surface area contributed by atoms with Gasteiger partial charge in [0.05, 0.1) is 5.56 Å². The van der Waals surface area contributed by atoms with Gasteiger partial charge in [-0.05, 0) is 73.0 Å². The summed E-state index contributed by atoms with van der Waals surface area (Å²) in [6.07, 6.45) is 12.7. The second-order valence-corrected chi connectivity index (χ2v) is 8.18. The summed E-state index contributed by atoms with van der Waals surface area (Å²) < 4.78 is 0. The van der Waals surface area contributed by atoms with Crippen LogP contribution < -0.4 is 5.32 Å². The highest BCUT2D eigenvalue weighted by Crippen LogP contribution is 2.35. The number of hydrogen-bond donors (Lipinski definition) is 2. The summed E-state index contributed by atoms with van der Waals surface area (Å²) in [7, 11) is 0. The summed E-state index contributed by atoms with van der Waals surface area (Å²) in [6, 6.07) is 9.29. The molecule has 2 N–H and O–H groups in total. The number of benzene rings is 1. The van der Waals surface area contributed by atoms with Crippen LogP contribution in [0.15, 0.2) is 49.1 Å². The lowest BCUT2D eigenvalue weighted by atomic mass is 9.94. The van der Waals surface area contributed by atoms with E-state index < -0.39 is 0 Å². The van der Waals surface area contributed by atoms with Crippen molar-refractivity contribution in [3.05, 3.63) is 60.2 Å². The van der Waals surface area contributed by atoms with E-state index in [0.717, 1.165) is 28.7 Å². The molecule has 1 aliphatic carbocycles. The summed E-state index contributed by atoms with van der Waals surface area (Å²) in [6.45, 7) is 1.08. The van der Waals surface area contributed by atoms with Gasteiger partial charge in [-0.3, -0.25) is 4.98 Å². The van der Waals surface area contributed by atoms with E-state index in [9.17, 15) is 0 Å². The largest absolute Gasteiger partial charge is 0.345 e. The molecule has 4 heterocycles. The highest BCUT2D eigenvalue weighted by atomic mass is 14.9. The Hall–Kier alpha value is -3.16. The lowest BCUT2D eigenvalue weighted by molar-refractivity contribution is 0.653. The number of hydrogen-bond acceptors (Lipinski definition) is 3. The maximum atomic E-state index is 4.68. The van der Waals surface area contributed by atoms with Gasteiger partial charge in [0.15, 0.2) is 0 Å². The minimum atomic E-state index is 0.394. The van der Waals surface area contributed by atoms with Crippen molar-refractivity contribution in [1.29, 1.82) is 0 Å². The van der Waals surface area contributed by atoms with Crippen molar-refractivity contribution in [2.45, 2.75) is 31.7 Å². The van der Waals surface area contributed by atoms with Gasteiger partial charge in [-0.1, -0.05) is 11.8 Å². The molecule has 1 atom stereocenters. The monoisotopic (exact) mass is 378 g/mol. The van der Waals surface area contributed by atoms with Gasteiger partial charge in [-0.25, -0.2) is 4.98 Å². The second-order valence-electron chi connectivity index (χ2n) is 8.18. The number of pyridine rings is 2. The molecule has 0 amide bonds. The van der Waals surface area contributed by atoms with Gasteiger partial charge in [0, 0.05) is 53.1 Å². The summed E-state index contributed by atoms with van der Waals surface area (Å²) >= 11 is 0. The summed E-state index contributed by atoms with van der Waals surface area (Å²) in [5.74, 6) is 7.31. The van der Waals surface area contributed by atoms with Gasteiger partial charge in [-0.15, -0.1) is 0 Å². The maximum absolute atomic E-state index is 4.68. The molecule has 4 heteroatoms. The third-order valence-corrected chi connectivity index (χ3v) is 6.08. The molecule has 1 saturated heterocycles. The van der Waals surface area contributed by atoms with Gasteiger partial charge in [-0.2, -0.15) is 0 Å². The second kappa shape index (κ2) is 6.72. The molecule has 0 bridgehead atoms. The average molecular weight is 378 g/mol. The first-order chi connectivity index (χ1) is 14.3. The lowest BCUT2D eigenvalue weighted by Crippen LogP contribution is -2.13. The van der Waals surface area contributed by atoms with E-state index in [2.05, 4.69) is 56.4 Å². The van der Waals surface area contributed by atoms with E-state index >= 15 is 0 Å². The molecule has 1 aliphatic heterocycles. The Morgan fingerprint density at radius 1 is 1.00 bits per heavy atom. The van der Waals surface area contributed by atoms with Crippen LogP contribution in [-0.4, -0.2) is 21.5 Å². The lowest BCUT2D eigenvalue weighted by Gasteiger charge is -2.16. The Labute approximate surface area is 169 Å². The predicted octanol–water partition coefficient (Wildman–Crippen LogP) is 4.96. The molecule has 1 saturated carbocycles. The standard InChI is InChI=1S/C25H22N4/c1-2-24(27-8-1)22-11-19(10-17-7-9-26-15-23(17)22)20-12-21-18(6-5-16-3-4-16)13-28-25(21)29-14-20/h7,9-16,24,27H,1-4,8H2,(H,28,29). The molecule has 2 aliphatic rings. The molecule has 1 aromatic carbocycles. The maximum Gasteiger partial charge on any atom is 0.138 e. The van der Waals surface area contributed by atoms with E-state index in [4.69, 9.17) is 0 Å². The molecule has 6 rings (SSSR count). The van der Waals surface area contributed by atoms with Crippen LogP contribution in [-0.2, 0) is 0 Å². The van der Waals surface area contributed by atoms with Crippen molar-refractivity contribution in [2.24, 2.45) is 5.92 Å². The average Bonchev–Trinajstić information content (AvgIpc) is 3.26. The van der Waals surface area contributed by atoms with Gasteiger partial charge < -0.3 is 10.3 Å². The molecule has 142 valence electrons. The van der Waals surface area contributed by atoms with E-state index in [1.54, 1.807) is 0 Å². The Balaban J connectivity index is 1.49. The number of fused-ring (bicyclic) bond motifs is 2. The van der Waals surface area contributed by atoms with Crippen molar-refractivity contribution in [2.75, 3.05) is 6.54 Å². The van der Waals surface area contributed by atoms with Crippen LogP contribution in [0.25, 0.3) is 32.9 Å². The van der Waals surface area contributed by atoms with Gasteiger partial charge in [0.25, 0.3) is 0 Å². The van der Waals surface area contributed by atoms with Crippen molar-refractivity contribution < 1.29 is 0 Å². The Kier molecular flexibility index (Phi) is 3.88. The fraction of sp³-hybridized carbons (Fsp3) is 0.280. The van der Waals surface area contributed by atoms with E-state index in [-0.39, 0.29) is 0 Å². The fourth-order valence-corrected chi connectivity index (χ4v) is 4.30. The van der Waals surface area contributed by atoms with Crippen molar-refractivity contribution >= 4 is 21.8 Å². The third-order valence-electron chi connectivity index (χ3n) is 6.08. The minimum Gasteiger partial charge on any atom is -0.345 e. The van der Waals surface area contributed by atoms with Crippen molar-refractivity contribution in [3.8, 4) is 23.0 Å².